The second-order valence-electron chi connectivity index (χ2n) is 5.74. The molecule has 176 valence electrons. The average Bonchev–Trinajstić information content (AvgIpc) is 3.00. The smallest absolute Gasteiger partial charge is 0.301 e. The van der Waals surface area contributed by atoms with Gasteiger partial charge in [0.1, 0.15) is 0 Å². The van der Waals surface area contributed by atoms with Gasteiger partial charge in [-0.2, -0.15) is 39.5 Å². The zero-order chi connectivity index (χ0) is 24.9. The maximum absolute atomic E-state index is 13.7. The standard InChI is InChI=1S/C14H4ClF10N3O3S/c15-6-3-4(28(30)31)1-2-5(6)9(29)26-10-27-11(13(20,21)22,14(23,24)25)8(32-10)7(16)12(17,18)19/h1-3H,(H,26,27,29). The minimum absolute atomic E-state index is 0.616. The number of amidine groups is 1. The fraction of sp³-hybridized carbons (Fsp3) is 0.286. The molecule has 0 fully saturated rings. The summed E-state index contributed by atoms with van der Waals surface area (Å²) in [5.74, 6) is -5.29. The number of hydrogen-bond acceptors (Lipinski definition) is 5. The summed E-state index contributed by atoms with van der Waals surface area (Å²) in [4.78, 5) is 21.1. The van der Waals surface area contributed by atoms with Gasteiger partial charge in [0.15, 0.2) is 5.17 Å². The number of rotatable bonds is 2. The molecule has 1 aromatic rings. The van der Waals surface area contributed by atoms with Crippen molar-refractivity contribution in [1.29, 1.82) is 0 Å². The van der Waals surface area contributed by atoms with Crippen LogP contribution >= 0.6 is 23.4 Å². The first kappa shape index (κ1) is 25.7. The molecule has 18 heteroatoms. The largest absolute Gasteiger partial charge is 0.443 e. The van der Waals surface area contributed by atoms with Crippen LogP contribution in [0.15, 0.2) is 33.9 Å². The Bertz CT molecular complexity index is 1020. The molecule has 1 aliphatic heterocycles. The lowest BCUT2D eigenvalue weighted by Crippen LogP contribution is -2.55. The highest BCUT2D eigenvalue weighted by molar-refractivity contribution is 8.17. The van der Waals surface area contributed by atoms with E-state index < -0.39 is 78.8 Å². The third-order valence-corrected chi connectivity index (χ3v) is 5.07. The molecule has 0 aliphatic carbocycles. The van der Waals surface area contributed by atoms with E-state index in [1.165, 1.54) is 5.32 Å². The summed E-state index contributed by atoms with van der Waals surface area (Å²) in [5, 5.41) is 9.66. The van der Waals surface area contributed by atoms with Gasteiger partial charge in [-0.25, -0.2) is 9.38 Å². The molecule has 1 amide bonds. The fourth-order valence-electron chi connectivity index (χ4n) is 2.29. The van der Waals surface area contributed by atoms with Gasteiger partial charge in [-0.3, -0.25) is 14.9 Å². The summed E-state index contributed by atoms with van der Waals surface area (Å²) in [6, 6.07) is 1.99. The molecule has 0 unspecified atom stereocenters. The fourth-order valence-corrected chi connectivity index (χ4v) is 3.70. The van der Waals surface area contributed by atoms with Gasteiger partial charge in [0, 0.05) is 12.1 Å². The van der Waals surface area contributed by atoms with Gasteiger partial charge in [-0.15, -0.1) is 0 Å². The van der Waals surface area contributed by atoms with Crippen LogP contribution in [0.25, 0.3) is 0 Å². The normalized spacial score (nSPS) is 18.3. The second kappa shape index (κ2) is 8.09. The molecule has 0 bridgehead atoms. The molecule has 0 saturated heterocycles. The van der Waals surface area contributed by atoms with Gasteiger partial charge in [0.2, 0.25) is 5.83 Å². The first-order valence-electron chi connectivity index (χ1n) is 7.47. The summed E-state index contributed by atoms with van der Waals surface area (Å²) < 4.78 is 132. The van der Waals surface area contributed by atoms with Crippen molar-refractivity contribution in [2.75, 3.05) is 0 Å². The Morgan fingerprint density at radius 1 is 1.09 bits per heavy atom. The van der Waals surface area contributed by atoms with Gasteiger partial charge in [-0.1, -0.05) is 23.4 Å². The first-order valence-corrected chi connectivity index (χ1v) is 8.66. The number of nitrogens with one attached hydrogen (secondary N) is 1. The summed E-state index contributed by atoms with van der Waals surface area (Å²) in [6.07, 6.45) is -19.4. The van der Waals surface area contributed by atoms with E-state index in [-0.39, 0.29) is 0 Å². The molecule has 1 heterocycles. The monoisotopic (exact) mass is 519 g/mol. The maximum Gasteiger partial charge on any atom is 0.443 e. The number of non-ortho nitro benzene ring substituents is 1. The topological polar surface area (TPSA) is 84.6 Å². The Hall–Kier alpha value is -2.56. The summed E-state index contributed by atoms with van der Waals surface area (Å²) in [7, 11) is 0. The van der Waals surface area contributed by atoms with Crippen molar-refractivity contribution in [3.63, 3.8) is 0 Å². The molecule has 0 aromatic heterocycles. The Morgan fingerprint density at radius 3 is 2.03 bits per heavy atom. The van der Waals surface area contributed by atoms with Crippen molar-refractivity contribution in [3.8, 4) is 0 Å². The lowest BCUT2D eigenvalue weighted by atomic mass is 9.97. The van der Waals surface area contributed by atoms with E-state index in [9.17, 15) is 58.8 Å². The number of nitro benzene ring substituents is 1. The molecule has 1 aliphatic rings. The van der Waals surface area contributed by atoms with Crippen LogP contribution in [0.4, 0.5) is 49.6 Å². The number of halogens is 11. The van der Waals surface area contributed by atoms with Crippen LogP contribution in [0, 0.1) is 10.1 Å². The summed E-state index contributed by atoms with van der Waals surface area (Å²) in [5.41, 5.74) is -6.99. The van der Waals surface area contributed by atoms with Crippen molar-refractivity contribution in [3.05, 3.63) is 49.6 Å². The van der Waals surface area contributed by atoms with Crippen LogP contribution in [-0.2, 0) is 0 Å². The first-order chi connectivity index (χ1) is 14.3. The molecule has 0 atom stereocenters. The molecule has 0 saturated carbocycles. The van der Waals surface area contributed by atoms with Gasteiger partial charge in [0.25, 0.3) is 17.1 Å². The Balaban J connectivity index is 2.59. The number of alkyl halides is 9. The number of hydrogen-bond donors (Lipinski definition) is 1. The van der Waals surface area contributed by atoms with Crippen molar-refractivity contribution in [2.24, 2.45) is 4.99 Å². The molecule has 0 radical (unpaired) electrons. The molecule has 1 N–H and O–H groups in total. The highest BCUT2D eigenvalue weighted by Crippen LogP contribution is 2.59. The highest BCUT2D eigenvalue weighted by atomic mass is 35.5. The van der Waals surface area contributed by atoms with E-state index >= 15 is 0 Å². The van der Waals surface area contributed by atoms with E-state index in [0.29, 0.717) is 18.2 Å². The van der Waals surface area contributed by atoms with E-state index in [0.717, 1.165) is 0 Å². The Kier molecular flexibility index (Phi) is 6.50. The molecule has 2 rings (SSSR count). The number of thioether (sulfide) groups is 1. The third kappa shape index (κ3) is 4.48. The van der Waals surface area contributed by atoms with Gasteiger partial charge >= 0.3 is 18.5 Å². The van der Waals surface area contributed by atoms with Gasteiger partial charge < -0.3 is 5.32 Å². The van der Waals surface area contributed by atoms with Crippen molar-refractivity contribution >= 4 is 40.1 Å². The Labute approximate surface area is 178 Å². The number of carbonyl (C=O) groups excluding carboxylic acids is 1. The predicted molar refractivity (Wildman–Crippen MR) is 89.6 cm³/mol. The van der Waals surface area contributed by atoms with Crippen LogP contribution in [0.1, 0.15) is 10.4 Å². The minimum Gasteiger partial charge on any atom is -0.301 e. The predicted octanol–water partition coefficient (Wildman–Crippen LogP) is 5.69. The van der Waals surface area contributed by atoms with E-state index in [1.807, 2.05) is 0 Å². The lowest BCUT2D eigenvalue weighted by molar-refractivity contribution is -0.384. The molecule has 1 aromatic carbocycles. The minimum atomic E-state index is -6.59. The summed E-state index contributed by atoms with van der Waals surface area (Å²) >= 11 is 4.56. The lowest BCUT2D eigenvalue weighted by Gasteiger charge is -2.31. The van der Waals surface area contributed by atoms with Crippen molar-refractivity contribution < 1.29 is 53.6 Å². The van der Waals surface area contributed by atoms with Crippen LogP contribution in [-0.4, -0.2) is 40.1 Å². The highest BCUT2D eigenvalue weighted by Gasteiger charge is 2.77. The van der Waals surface area contributed by atoms with Crippen LogP contribution in [0.3, 0.4) is 0 Å². The zero-order valence-electron chi connectivity index (χ0n) is 14.4. The van der Waals surface area contributed by atoms with Crippen LogP contribution < -0.4 is 5.32 Å². The molecule has 6 nitrogen and oxygen atoms in total. The zero-order valence-corrected chi connectivity index (χ0v) is 16.0. The Morgan fingerprint density at radius 2 is 1.62 bits per heavy atom. The maximum atomic E-state index is 13.7. The van der Waals surface area contributed by atoms with E-state index in [2.05, 4.69) is 4.99 Å². The number of aliphatic imine (C=N–C) groups is 1. The number of amides is 1. The van der Waals surface area contributed by atoms with Crippen LogP contribution in [0.5, 0.6) is 0 Å². The SMILES string of the molecule is O=C(NC1=NC(C(F)(F)F)(C(F)(F)F)C(=C(F)C(F)(F)F)S1)c1ccc([N+](=O)[O-])cc1Cl. The molecular weight excluding hydrogens is 516 g/mol. The van der Waals surface area contributed by atoms with E-state index in [4.69, 9.17) is 11.6 Å². The molecule has 0 spiro atoms. The number of nitrogens with zero attached hydrogens (tertiary/aromatic N) is 2. The molecular formula is C14H4ClF10N3O3S. The number of benzene rings is 1. The van der Waals surface area contributed by atoms with Crippen LogP contribution in [0.2, 0.25) is 5.02 Å². The quantitative estimate of drug-likeness (QED) is 0.309. The van der Waals surface area contributed by atoms with Gasteiger partial charge in [0.05, 0.1) is 20.4 Å². The number of nitro groups is 1. The molecule has 32 heavy (non-hydrogen) atoms. The van der Waals surface area contributed by atoms with Crippen molar-refractivity contribution in [2.45, 2.75) is 24.1 Å². The van der Waals surface area contributed by atoms with E-state index in [1.54, 1.807) is 0 Å². The number of allylic oxidation sites excluding steroid dienone is 1. The van der Waals surface area contributed by atoms with Crippen molar-refractivity contribution in [1.82, 2.24) is 5.32 Å². The summed E-state index contributed by atoms with van der Waals surface area (Å²) in [6.45, 7) is 0. The average molecular weight is 520 g/mol. The van der Waals surface area contributed by atoms with Gasteiger partial charge in [-0.05, 0) is 6.07 Å². The third-order valence-electron chi connectivity index (χ3n) is 3.69. The number of carbonyl (C=O) groups is 1. The second-order valence-corrected chi connectivity index (χ2v) is 7.15.